The molecule has 1 heterocycles. The van der Waals surface area contributed by atoms with Crippen LogP contribution in [-0.4, -0.2) is 30.4 Å². The Morgan fingerprint density at radius 3 is 2.61 bits per heavy atom. The second kappa shape index (κ2) is 5.01. The first-order chi connectivity index (χ1) is 8.52. The molecule has 0 aliphatic carbocycles. The van der Waals surface area contributed by atoms with Crippen LogP contribution in [0.1, 0.15) is 36.2 Å². The Morgan fingerprint density at radius 2 is 2.11 bits per heavy atom. The SMILES string of the molecule is CNc1ccc(C(=O)N2CC(C)CC2C)cc1C. The molecule has 0 bridgehead atoms. The van der Waals surface area contributed by atoms with Crippen molar-refractivity contribution < 1.29 is 4.79 Å². The van der Waals surface area contributed by atoms with Crippen LogP contribution in [0.15, 0.2) is 18.2 Å². The molecule has 1 aliphatic heterocycles. The summed E-state index contributed by atoms with van der Waals surface area (Å²) in [5.41, 5.74) is 2.99. The van der Waals surface area contributed by atoms with Gasteiger partial charge in [-0.05, 0) is 49.9 Å². The number of carbonyl (C=O) groups excluding carboxylic acids is 1. The topological polar surface area (TPSA) is 32.3 Å². The van der Waals surface area contributed by atoms with Gasteiger partial charge in [0.2, 0.25) is 0 Å². The quantitative estimate of drug-likeness (QED) is 0.870. The number of nitrogens with one attached hydrogen (secondary N) is 1. The molecule has 98 valence electrons. The van der Waals surface area contributed by atoms with Gasteiger partial charge in [0.1, 0.15) is 0 Å². The average Bonchev–Trinajstić information content (AvgIpc) is 2.67. The van der Waals surface area contributed by atoms with Gasteiger partial charge in [0.15, 0.2) is 0 Å². The van der Waals surface area contributed by atoms with Gasteiger partial charge in [-0.1, -0.05) is 6.92 Å². The van der Waals surface area contributed by atoms with Gasteiger partial charge in [-0.25, -0.2) is 0 Å². The third kappa shape index (κ3) is 2.35. The highest BCUT2D eigenvalue weighted by Gasteiger charge is 2.30. The Labute approximate surface area is 109 Å². The van der Waals surface area contributed by atoms with Gasteiger partial charge in [-0.15, -0.1) is 0 Å². The van der Waals surface area contributed by atoms with E-state index in [4.69, 9.17) is 0 Å². The number of benzene rings is 1. The number of likely N-dealkylation sites (tertiary alicyclic amines) is 1. The number of aryl methyl sites for hydroxylation is 1. The molecule has 0 aromatic heterocycles. The van der Waals surface area contributed by atoms with Crippen LogP contribution in [0.4, 0.5) is 5.69 Å². The lowest BCUT2D eigenvalue weighted by Crippen LogP contribution is -2.33. The van der Waals surface area contributed by atoms with Crippen molar-refractivity contribution >= 4 is 11.6 Å². The third-order valence-electron chi connectivity index (χ3n) is 3.79. The summed E-state index contributed by atoms with van der Waals surface area (Å²) in [6.45, 7) is 7.25. The standard InChI is InChI=1S/C15H22N2O/c1-10-7-12(3)17(9-10)15(18)13-5-6-14(16-4)11(2)8-13/h5-6,8,10,12,16H,7,9H2,1-4H3. The normalized spacial score (nSPS) is 23.2. The van der Waals surface area contributed by atoms with E-state index in [9.17, 15) is 4.79 Å². The average molecular weight is 246 g/mol. The summed E-state index contributed by atoms with van der Waals surface area (Å²) in [5.74, 6) is 0.777. The van der Waals surface area contributed by atoms with E-state index in [0.29, 0.717) is 12.0 Å². The van der Waals surface area contributed by atoms with E-state index in [0.717, 1.165) is 29.8 Å². The van der Waals surface area contributed by atoms with Crippen LogP contribution in [-0.2, 0) is 0 Å². The third-order valence-corrected chi connectivity index (χ3v) is 3.79. The molecule has 2 rings (SSSR count). The minimum Gasteiger partial charge on any atom is -0.388 e. The highest BCUT2D eigenvalue weighted by Crippen LogP contribution is 2.25. The van der Waals surface area contributed by atoms with Crippen LogP contribution < -0.4 is 5.32 Å². The van der Waals surface area contributed by atoms with Gasteiger partial charge in [0.25, 0.3) is 5.91 Å². The maximum Gasteiger partial charge on any atom is 0.254 e. The summed E-state index contributed by atoms with van der Waals surface area (Å²) >= 11 is 0. The van der Waals surface area contributed by atoms with Crippen molar-refractivity contribution in [2.45, 2.75) is 33.2 Å². The van der Waals surface area contributed by atoms with E-state index < -0.39 is 0 Å². The van der Waals surface area contributed by atoms with E-state index in [-0.39, 0.29) is 5.91 Å². The Morgan fingerprint density at radius 1 is 1.39 bits per heavy atom. The number of nitrogens with zero attached hydrogens (tertiary/aromatic N) is 1. The van der Waals surface area contributed by atoms with Crippen LogP contribution in [0.25, 0.3) is 0 Å². The largest absolute Gasteiger partial charge is 0.388 e. The molecule has 1 N–H and O–H groups in total. The van der Waals surface area contributed by atoms with Crippen molar-refractivity contribution in [1.82, 2.24) is 4.90 Å². The predicted molar refractivity (Wildman–Crippen MR) is 75.0 cm³/mol. The van der Waals surface area contributed by atoms with E-state index >= 15 is 0 Å². The summed E-state index contributed by atoms with van der Waals surface area (Å²) in [4.78, 5) is 14.5. The van der Waals surface area contributed by atoms with Crippen LogP contribution in [0.3, 0.4) is 0 Å². The Hall–Kier alpha value is -1.51. The number of hydrogen-bond donors (Lipinski definition) is 1. The molecule has 3 nitrogen and oxygen atoms in total. The van der Waals surface area contributed by atoms with Crippen LogP contribution in [0, 0.1) is 12.8 Å². The zero-order valence-corrected chi connectivity index (χ0v) is 11.7. The molecule has 1 fully saturated rings. The highest BCUT2D eigenvalue weighted by molar-refractivity contribution is 5.95. The molecule has 1 aliphatic rings. The number of anilines is 1. The first-order valence-electron chi connectivity index (χ1n) is 6.62. The van der Waals surface area contributed by atoms with E-state index in [1.807, 2.05) is 37.1 Å². The fraction of sp³-hybridized carbons (Fsp3) is 0.533. The second-order valence-corrected chi connectivity index (χ2v) is 5.43. The Balaban J connectivity index is 2.21. The van der Waals surface area contributed by atoms with Crippen LogP contribution >= 0.6 is 0 Å². The predicted octanol–water partition coefficient (Wildman–Crippen LogP) is 2.91. The lowest BCUT2D eigenvalue weighted by molar-refractivity contribution is 0.0743. The Kier molecular flexibility index (Phi) is 3.60. The number of carbonyl (C=O) groups is 1. The molecule has 18 heavy (non-hydrogen) atoms. The summed E-state index contributed by atoms with van der Waals surface area (Å²) in [7, 11) is 1.90. The van der Waals surface area contributed by atoms with Gasteiger partial charge in [0.05, 0.1) is 0 Å². The molecule has 1 aromatic carbocycles. The van der Waals surface area contributed by atoms with E-state index in [2.05, 4.69) is 19.2 Å². The summed E-state index contributed by atoms with van der Waals surface area (Å²) in [5, 5.41) is 3.12. The lowest BCUT2D eigenvalue weighted by Gasteiger charge is -2.22. The van der Waals surface area contributed by atoms with Gasteiger partial charge < -0.3 is 10.2 Å². The smallest absolute Gasteiger partial charge is 0.254 e. The van der Waals surface area contributed by atoms with Crippen molar-refractivity contribution in [2.24, 2.45) is 5.92 Å². The first-order valence-corrected chi connectivity index (χ1v) is 6.62. The molecule has 2 atom stereocenters. The summed E-state index contributed by atoms with van der Waals surface area (Å²) in [6, 6.07) is 6.23. The fourth-order valence-corrected chi connectivity index (χ4v) is 2.83. The first kappa shape index (κ1) is 12.9. The zero-order chi connectivity index (χ0) is 13.3. The van der Waals surface area contributed by atoms with E-state index in [1.54, 1.807) is 0 Å². The van der Waals surface area contributed by atoms with Gasteiger partial charge >= 0.3 is 0 Å². The van der Waals surface area contributed by atoms with Crippen molar-refractivity contribution in [3.63, 3.8) is 0 Å². The molecular formula is C15H22N2O. The maximum absolute atomic E-state index is 12.5. The van der Waals surface area contributed by atoms with Crippen molar-refractivity contribution in [2.75, 3.05) is 18.9 Å². The zero-order valence-electron chi connectivity index (χ0n) is 11.7. The van der Waals surface area contributed by atoms with Gasteiger partial charge in [-0.3, -0.25) is 4.79 Å². The van der Waals surface area contributed by atoms with Crippen molar-refractivity contribution in [3.8, 4) is 0 Å². The minimum atomic E-state index is 0.164. The van der Waals surface area contributed by atoms with Gasteiger partial charge in [-0.2, -0.15) is 0 Å². The molecule has 0 spiro atoms. The number of hydrogen-bond acceptors (Lipinski definition) is 2. The monoisotopic (exact) mass is 246 g/mol. The second-order valence-electron chi connectivity index (χ2n) is 5.43. The van der Waals surface area contributed by atoms with Crippen LogP contribution in [0.5, 0.6) is 0 Å². The number of rotatable bonds is 2. The molecule has 3 heteroatoms. The molecule has 1 amide bonds. The summed E-state index contributed by atoms with van der Waals surface area (Å²) < 4.78 is 0. The molecule has 0 saturated carbocycles. The molecule has 0 radical (unpaired) electrons. The molecule has 1 aromatic rings. The summed E-state index contributed by atoms with van der Waals surface area (Å²) in [6.07, 6.45) is 1.11. The van der Waals surface area contributed by atoms with Crippen LogP contribution in [0.2, 0.25) is 0 Å². The van der Waals surface area contributed by atoms with E-state index in [1.165, 1.54) is 0 Å². The minimum absolute atomic E-state index is 0.164. The maximum atomic E-state index is 12.5. The highest BCUT2D eigenvalue weighted by atomic mass is 16.2. The van der Waals surface area contributed by atoms with Crippen molar-refractivity contribution in [1.29, 1.82) is 0 Å². The van der Waals surface area contributed by atoms with Crippen molar-refractivity contribution in [3.05, 3.63) is 29.3 Å². The molecule has 2 unspecified atom stereocenters. The number of amides is 1. The molecule has 1 saturated heterocycles. The van der Waals surface area contributed by atoms with Gasteiger partial charge in [0, 0.05) is 30.9 Å². The fourth-order valence-electron chi connectivity index (χ4n) is 2.83. The lowest BCUT2D eigenvalue weighted by atomic mass is 10.1. The Bertz CT molecular complexity index is 456. The molecular weight excluding hydrogens is 224 g/mol.